The minimum atomic E-state index is -0.398. The highest BCUT2D eigenvalue weighted by Gasteiger charge is 2.23. The number of aromatic nitrogens is 1. The van der Waals surface area contributed by atoms with E-state index in [1.165, 1.54) is 12.1 Å². The number of aryl methyl sites for hydroxylation is 1. The quantitative estimate of drug-likeness (QED) is 0.334. The van der Waals surface area contributed by atoms with Gasteiger partial charge in [-0.3, -0.25) is 10.1 Å². The van der Waals surface area contributed by atoms with Gasteiger partial charge in [0.05, 0.1) is 18.1 Å². The smallest absolute Gasteiger partial charge is 0.269 e. The molecule has 4 aromatic rings. The van der Waals surface area contributed by atoms with E-state index >= 15 is 0 Å². The van der Waals surface area contributed by atoms with Crippen LogP contribution in [0.25, 0.3) is 10.9 Å². The van der Waals surface area contributed by atoms with Crippen LogP contribution >= 0.6 is 0 Å². The predicted molar refractivity (Wildman–Crippen MR) is 115 cm³/mol. The fourth-order valence-electron chi connectivity index (χ4n) is 3.73. The fraction of sp³-hybridized carbons (Fsp3) is 0.130. The third-order valence-corrected chi connectivity index (χ3v) is 5.07. The first-order valence-electron chi connectivity index (χ1n) is 9.29. The highest BCUT2D eigenvalue weighted by atomic mass is 16.6. The molecule has 4 rings (SSSR count). The molecule has 0 unspecified atom stereocenters. The van der Waals surface area contributed by atoms with Gasteiger partial charge in [-0.25, -0.2) is 0 Å². The number of nitro groups is 1. The van der Waals surface area contributed by atoms with Crippen LogP contribution in [-0.2, 0) is 0 Å². The molecule has 1 aromatic heterocycles. The molecule has 0 amide bonds. The number of ether oxygens (including phenoxy) is 1. The minimum absolute atomic E-state index is 0.0627. The maximum Gasteiger partial charge on any atom is 0.269 e. The zero-order valence-electron chi connectivity index (χ0n) is 16.2. The number of anilines is 1. The molecule has 0 aliphatic carbocycles. The molecule has 1 heterocycles. The first-order chi connectivity index (χ1) is 14.1. The molecule has 6 heteroatoms. The van der Waals surface area contributed by atoms with Gasteiger partial charge in [0.2, 0.25) is 0 Å². The lowest BCUT2D eigenvalue weighted by atomic mass is 9.95. The zero-order valence-corrected chi connectivity index (χ0v) is 16.2. The van der Waals surface area contributed by atoms with E-state index in [0.29, 0.717) is 0 Å². The average Bonchev–Trinajstić information content (AvgIpc) is 3.08. The van der Waals surface area contributed by atoms with Crippen molar-refractivity contribution >= 4 is 22.3 Å². The van der Waals surface area contributed by atoms with Crippen molar-refractivity contribution < 1.29 is 9.66 Å². The molecular weight excluding hydrogens is 366 g/mol. The van der Waals surface area contributed by atoms with E-state index in [4.69, 9.17) is 4.74 Å². The van der Waals surface area contributed by atoms with Gasteiger partial charge in [0.25, 0.3) is 5.69 Å². The van der Waals surface area contributed by atoms with E-state index in [1.54, 1.807) is 19.2 Å². The highest BCUT2D eigenvalue weighted by molar-refractivity contribution is 5.86. The Morgan fingerprint density at radius 2 is 1.69 bits per heavy atom. The monoisotopic (exact) mass is 387 g/mol. The highest BCUT2D eigenvalue weighted by Crippen LogP contribution is 2.38. The van der Waals surface area contributed by atoms with Crippen molar-refractivity contribution in [2.45, 2.75) is 13.0 Å². The van der Waals surface area contributed by atoms with Gasteiger partial charge in [-0.2, -0.15) is 0 Å². The van der Waals surface area contributed by atoms with E-state index < -0.39 is 4.92 Å². The molecule has 0 aliphatic rings. The Labute approximate surface area is 168 Å². The van der Waals surface area contributed by atoms with Crippen molar-refractivity contribution in [3.8, 4) is 5.75 Å². The van der Waals surface area contributed by atoms with Gasteiger partial charge >= 0.3 is 0 Å². The summed E-state index contributed by atoms with van der Waals surface area (Å²) in [5.41, 5.74) is 5.07. The molecular formula is C23H21N3O3. The first kappa shape index (κ1) is 18.6. The van der Waals surface area contributed by atoms with E-state index in [1.807, 2.05) is 36.4 Å². The summed E-state index contributed by atoms with van der Waals surface area (Å²) in [6.07, 6.45) is 0. The molecule has 146 valence electrons. The molecule has 0 radical (unpaired) electrons. The van der Waals surface area contributed by atoms with Crippen LogP contribution in [0.2, 0.25) is 0 Å². The van der Waals surface area contributed by atoms with Crippen LogP contribution in [0.4, 0.5) is 11.4 Å². The second-order valence-corrected chi connectivity index (χ2v) is 6.83. The van der Waals surface area contributed by atoms with Crippen LogP contribution in [0, 0.1) is 17.0 Å². The number of hydrogen-bond acceptors (Lipinski definition) is 4. The molecule has 6 nitrogen and oxygen atoms in total. The topological polar surface area (TPSA) is 80.2 Å². The number of nitrogens with one attached hydrogen (secondary N) is 2. The molecule has 0 bridgehead atoms. The molecule has 0 spiro atoms. The Kier molecular flexibility index (Phi) is 4.91. The van der Waals surface area contributed by atoms with Gasteiger partial charge in [0, 0.05) is 45.5 Å². The molecule has 2 N–H and O–H groups in total. The number of benzene rings is 3. The Balaban J connectivity index is 1.85. The molecule has 1 atom stereocenters. The van der Waals surface area contributed by atoms with Gasteiger partial charge in [0.15, 0.2) is 0 Å². The Morgan fingerprint density at radius 3 is 2.41 bits per heavy atom. The van der Waals surface area contributed by atoms with Gasteiger partial charge in [-0.05, 0) is 31.2 Å². The number of non-ortho nitro benzene ring substituents is 1. The summed E-state index contributed by atoms with van der Waals surface area (Å²) in [6, 6.07) is 22.3. The van der Waals surface area contributed by atoms with Crippen molar-refractivity contribution in [2.75, 3.05) is 12.4 Å². The first-order valence-corrected chi connectivity index (χ1v) is 9.29. The third kappa shape index (κ3) is 3.52. The SMILES string of the molecule is COc1ccccc1[C@@H](Nc1ccc([N+](=O)[O-])cc1)c1c(C)[nH]c2ccccc12. The number of methoxy groups -OCH3 is 1. The molecule has 29 heavy (non-hydrogen) atoms. The lowest BCUT2D eigenvalue weighted by Gasteiger charge is -2.23. The number of fused-ring (bicyclic) bond motifs is 1. The number of para-hydroxylation sites is 2. The lowest BCUT2D eigenvalue weighted by molar-refractivity contribution is -0.384. The molecule has 0 aliphatic heterocycles. The second kappa shape index (κ2) is 7.67. The van der Waals surface area contributed by atoms with Crippen LogP contribution in [0.15, 0.2) is 72.8 Å². The molecule has 0 saturated heterocycles. The van der Waals surface area contributed by atoms with Crippen LogP contribution in [0.3, 0.4) is 0 Å². The lowest BCUT2D eigenvalue weighted by Crippen LogP contribution is -2.14. The normalized spacial score (nSPS) is 11.9. The number of rotatable bonds is 6. The van der Waals surface area contributed by atoms with Crippen molar-refractivity contribution in [1.29, 1.82) is 0 Å². The maximum absolute atomic E-state index is 11.0. The summed E-state index contributed by atoms with van der Waals surface area (Å²) >= 11 is 0. The number of aromatic amines is 1. The standard InChI is InChI=1S/C23H21N3O3/c1-15-22(18-7-3-5-9-20(18)24-15)23(19-8-4-6-10-21(19)29-2)25-16-11-13-17(14-12-16)26(27)28/h3-14,23-25H,1-2H3/t23-/m1/s1. The molecule has 0 fully saturated rings. The average molecular weight is 387 g/mol. The van der Waals surface area contributed by atoms with Crippen molar-refractivity contribution in [3.05, 3.63) is 99.7 Å². The van der Waals surface area contributed by atoms with E-state index in [2.05, 4.69) is 29.4 Å². The summed E-state index contributed by atoms with van der Waals surface area (Å²) in [5.74, 6) is 0.775. The Bertz CT molecular complexity index is 1170. The number of nitro benzene ring substituents is 1. The number of hydrogen-bond donors (Lipinski definition) is 2. The van der Waals surface area contributed by atoms with Crippen LogP contribution < -0.4 is 10.1 Å². The summed E-state index contributed by atoms with van der Waals surface area (Å²) < 4.78 is 5.63. The Hall–Kier alpha value is -3.80. The minimum Gasteiger partial charge on any atom is -0.496 e. The van der Waals surface area contributed by atoms with Gasteiger partial charge in [-0.1, -0.05) is 36.4 Å². The van der Waals surface area contributed by atoms with Gasteiger partial charge < -0.3 is 15.0 Å². The van der Waals surface area contributed by atoms with Crippen molar-refractivity contribution in [2.24, 2.45) is 0 Å². The molecule has 3 aromatic carbocycles. The second-order valence-electron chi connectivity index (χ2n) is 6.83. The van der Waals surface area contributed by atoms with Crippen molar-refractivity contribution in [1.82, 2.24) is 4.98 Å². The van der Waals surface area contributed by atoms with Gasteiger partial charge in [-0.15, -0.1) is 0 Å². The fourth-order valence-corrected chi connectivity index (χ4v) is 3.73. The Morgan fingerprint density at radius 1 is 1.00 bits per heavy atom. The molecule has 0 saturated carbocycles. The summed E-state index contributed by atoms with van der Waals surface area (Å²) in [5, 5.41) is 15.7. The summed E-state index contributed by atoms with van der Waals surface area (Å²) in [6.45, 7) is 2.05. The van der Waals surface area contributed by atoms with Crippen LogP contribution in [-0.4, -0.2) is 17.0 Å². The maximum atomic E-state index is 11.0. The number of nitrogens with zero attached hydrogens (tertiary/aromatic N) is 1. The van der Waals surface area contributed by atoms with Crippen LogP contribution in [0.5, 0.6) is 5.75 Å². The van der Waals surface area contributed by atoms with E-state index in [-0.39, 0.29) is 11.7 Å². The number of H-pyrrole nitrogens is 1. The summed E-state index contributed by atoms with van der Waals surface area (Å²) in [4.78, 5) is 14.0. The van der Waals surface area contributed by atoms with Crippen molar-refractivity contribution in [3.63, 3.8) is 0 Å². The van der Waals surface area contributed by atoms with Crippen LogP contribution in [0.1, 0.15) is 22.9 Å². The van der Waals surface area contributed by atoms with Gasteiger partial charge in [0.1, 0.15) is 5.75 Å². The zero-order chi connectivity index (χ0) is 20.4. The van der Waals surface area contributed by atoms with E-state index in [0.717, 1.165) is 39.2 Å². The summed E-state index contributed by atoms with van der Waals surface area (Å²) in [7, 11) is 1.66. The third-order valence-electron chi connectivity index (χ3n) is 5.07. The predicted octanol–water partition coefficient (Wildman–Crippen LogP) is 5.59. The van der Waals surface area contributed by atoms with E-state index in [9.17, 15) is 10.1 Å². The largest absolute Gasteiger partial charge is 0.496 e.